The zero-order chi connectivity index (χ0) is 14.8. The van der Waals surface area contributed by atoms with Crippen molar-refractivity contribution in [3.05, 3.63) is 5.82 Å². The Morgan fingerprint density at radius 1 is 1.50 bits per heavy atom. The van der Waals surface area contributed by atoms with Crippen molar-refractivity contribution in [2.24, 2.45) is 0 Å². The monoisotopic (exact) mass is 319 g/mol. The lowest BCUT2D eigenvalue weighted by atomic mass is 10.2. The molecule has 2 rings (SSSR count). The second-order valence-corrected chi connectivity index (χ2v) is 7.93. The van der Waals surface area contributed by atoms with Crippen LogP contribution in [0.15, 0.2) is 5.16 Å². The summed E-state index contributed by atoms with van der Waals surface area (Å²) in [6, 6.07) is -0.173. The summed E-state index contributed by atoms with van der Waals surface area (Å²) in [6.45, 7) is 2.01. The molecule has 0 aliphatic carbocycles. The van der Waals surface area contributed by atoms with E-state index in [0.29, 0.717) is 18.0 Å². The largest absolute Gasteiger partial charge is 0.481 e. The number of thioether (sulfide) groups is 1. The van der Waals surface area contributed by atoms with E-state index in [4.69, 9.17) is 5.11 Å². The predicted molar refractivity (Wildman–Crippen MR) is 74.7 cm³/mol. The first-order valence-corrected chi connectivity index (χ1v) is 9.22. The predicted octanol–water partition coefficient (Wildman–Crippen LogP) is 0.767. The van der Waals surface area contributed by atoms with Crippen LogP contribution < -0.4 is 0 Å². The zero-order valence-electron chi connectivity index (χ0n) is 11.2. The second-order valence-electron chi connectivity index (χ2n) is 4.76. The number of aliphatic carboxylic acids is 1. The third-order valence-electron chi connectivity index (χ3n) is 3.11. The van der Waals surface area contributed by atoms with Crippen LogP contribution in [0.25, 0.3) is 0 Å². The Morgan fingerprint density at radius 3 is 2.80 bits per heavy atom. The SMILES string of the molecule is CCCc1nnc(SCC(=O)O)n1C1CCS(=O)(=O)C1. The number of hydrogen-bond donors (Lipinski definition) is 1. The topological polar surface area (TPSA) is 102 Å². The van der Waals surface area contributed by atoms with Gasteiger partial charge in [-0.1, -0.05) is 18.7 Å². The van der Waals surface area contributed by atoms with Crippen molar-refractivity contribution in [3.63, 3.8) is 0 Å². The van der Waals surface area contributed by atoms with Gasteiger partial charge in [-0.25, -0.2) is 8.42 Å². The van der Waals surface area contributed by atoms with Gasteiger partial charge in [0.2, 0.25) is 0 Å². The summed E-state index contributed by atoms with van der Waals surface area (Å²) in [5, 5.41) is 17.3. The average Bonchev–Trinajstić information content (AvgIpc) is 2.90. The molecule has 0 radical (unpaired) electrons. The third-order valence-corrected chi connectivity index (χ3v) is 5.79. The Morgan fingerprint density at radius 2 is 2.25 bits per heavy atom. The number of carbonyl (C=O) groups is 1. The molecule has 0 aromatic carbocycles. The fraction of sp³-hybridized carbons (Fsp3) is 0.727. The maximum atomic E-state index is 11.6. The highest BCUT2D eigenvalue weighted by Gasteiger charge is 2.32. The molecule has 1 saturated heterocycles. The van der Waals surface area contributed by atoms with Gasteiger partial charge in [0.1, 0.15) is 5.82 Å². The Bertz CT molecular complexity index is 597. The van der Waals surface area contributed by atoms with Crippen molar-refractivity contribution in [2.45, 2.75) is 37.4 Å². The second kappa shape index (κ2) is 6.13. The minimum atomic E-state index is -3.00. The molecule has 1 aliphatic heterocycles. The minimum absolute atomic E-state index is 0.0857. The molecule has 1 aliphatic rings. The molecule has 2 heterocycles. The molecular formula is C11H17N3O4S2. The highest BCUT2D eigenvalue weighted by molar-refractivity contribution is 7.99. The van der Waals surface area contributed by atoms with Crippen LogP contribution in [0.4, 0.5) is 0 Å². The molecule has 20 heavy (non-hydrogen) atoms. The highest BCUT2D eigenvalue weighted by atomic mass is 32.2. The van der Waals surface area contributed by atoms with Crippen molar-refractivity contribution < 1.29 is 18.3 Å². The van der Waals surface area contributed by atoms with Crippen molar-refractivity contribution in [3.8, 4) is 0 Å². The normalized spacial score (nSPS) is 21.1. The molecule has 1 aromatic heterocycles. The number of hydrogen-bond acceptors (Lipinski definition) is 6. The Balaban J connectivity index is 2.27. The lowest BCUT2D eigenvalue weighted by molar-refractivity contribution is -0.133. The number of sulfone groups is 1. The molecule has 1 aromatic rings. The zero-order valence-corrected chi connectivity index (χ0v) is 12.8. The van der Waals surface area contributed by atoms with Crippen LogP contribution in [0.2, 0.25) is 0 Å². The number of carboxylic acids is 1. The molecule has 112 valence electrons. The molecule has 0 saturated carbocycles. The minimum Gasteiger partial charge on any atom is -0.481 e. The smallest absolute Gasteiger partial charge is 0.313 e. The van der Waals surface area contributed by atoms with E-state index in [2.05, 4.69) is 10.2 Å². The molecule has 9 heteroatoms. The van der Waals surface area contributed by atoms with Crippen molar-refractivity contribution in [1.82, 2.24) is 14.8 Å². The van der Waals surface area contributed by atoms with Gasteiger partial charge in [-0.05, 0) is 12.8 Å². The fourth-order valence-electron chi connectivity index (χ4n) is 2.27. The number of aryl methyl sites for hydroxylation is 1. The molecule has 0 bridgehead atoms. The lowest BCUT2D eigenvalue weighted by Crippen LogP contribution is -2.15. The molecule has 1 atom stereocenters. The quantitative estimate of drug-likeness (QED) is 0.772. The van der Waals surface area contributed by atoms with Gasteiger partial charge in [0.25, 0.3) is 0 Å². The Labute approximate surface area is 121 Å². The van der Waals surface area contributed by atoms with Gasteiger partial charge >= 0.3 is 5.97 Å². The molecule has 1 N–H and O–H groups in total. The molecule has 1 fully saturated rings. The molecular weight excluding hydrogens is 302 g/mol. The maximum absolute atomic E-state index is 11.6. The summed E-state index contributed by atoms with van der Waals surface area (Å²) in [6.07, 6.45) is 2.12. The van der Waals surface area contributed by atoms with Crippen LogP contribution in [0, 0.1) is 0 Å². The summed E-state index contributed by atoms with van der Waals surface area (Å²) < 4.78 is 25.1. The molecule has 0 amide bonds. The molecule has 1 unspecified atom stereocenters. The maximum Gasteiger partial charge on any atom is 0.313 e. The van der Waals surface area contributed by atoms with Gasteiger partial charge in [0.05, 0.1) is 23.3 Å². The van der Waals surface area contributed by atoms with Crippen LogP contribution in [-0.2, 0) is 21.1 Å². The van der Waals surface area contributed by atoms with Crippen LogP contribution >= 0.6 is 11.8 Å². The van der Waals surface area contributed by atoms with E-state index in [9.17, 15) is 13.2 Å². The molecule has 7 nitrogen and oxygen atoms in total. The van der Waals surface area contributed by atoms with Crippen molar-refractivity contribution in [2.75, 3.05) is 17.3 Å². The highest BCUT2D eigenvalue weighted by Crippen LogP contribution is 2.30. The van der Waals surface area contributed by atoms with Crippen LogP contribution in [0.5, 0.6) is 0 Å². The summed E-state index contributed by atoms with van der Waals surface area (Å²) in [5.74, 6) is -0.0422. The van der Waals surface area contributed by atoms with E-state index in [-0.39, 0.29) is 23.3 Å². The lowest BCUT2D eigenvalue weighted by Gasteiger charge is -2.15. The van der Waals surface area contributed by atoms with Gasteiger partial charge in [0, 0.05) is 6.42 Å². The average molecular weight is 319 g/mol. The van der Waals surface area contributed by atoms with Crippen LogP contribution in [0.1, 0.15) is 31.6 Å². The fourth-order valence-corrected chi connectivity index (χ4v) is 4.72. The van der Waals surface area contributed by atoms with E-state index < -0.39 is 15.8 Å². The van der Waals surface area contributed by atoms with Crippen LogP contribution in [-0.4, -0.2) is 51.5 Å². The standard InChI is InChI=1S/C11H17N3O4S2/c1-2-3-9-12-13-11(19-6-10(15)16)14(9)8-4-5-20(17,18)7-8/h8H,2-7H2,1H3,(H,15,16). The number of carboxylic acid groups (broad SMARTS) is 1. The summed E-state index contributed by atoms with van der Waals surface area (Å²) >= 11 is 1.08. The number of rotatable bonds is 6. The number of nitrogens with zero attached hydrogens (tertiary/aromatic N) is 3. The van der Waals surface area contributed by atoms with E-state index in [0.717, 1.165) is 24.0 Å². The van der Waals surface area contributed by atoms with E-state index >= 15 is 0 Å². The summed E-state index contributed by atoms with van der Waals surface area (Å²) in [4.78, 5) is 10.7. The van der Waals surface area contributed by atoms with Crippen molar-refractivity contribution in [1.29, 1.82) is 0 Å². The Kier molecular flexibility index (Phi) is 4.69. The van der Waals surface area contributed by atoms with Gasteiger partial charge < -0.3 is 9.67 Å². The summed E-state index contributed by atoms with van der Waals surface area (Å²) in [7, 11) is -3.00. The number of aromatic nitrogens is 3. The van der Waals surface area contributed by atoms with Crippen molar-refractivity contribution >= 4 is 27.6 Å². The first kappa shape index (κ1) is 15.3. The van der Waals surface area contributed by atoms with E-state index in [1.807, 2.05) is 11.5 Å². The molecule has 0 spiro atoms. The van der Waals surface area contributed by atoms with Gasteiger partial charge in [-0.2, -0.15) is 0 Å². The summed E-state index contributed by atoms with van der Waals surface area (Å²) in [5.41, 5.74) is 0. The third kappa shape index (κ3) is 3.51. The Hall–Kier alpha value is -1.09. The van der Waals surface area contributed by atoms with E-state index in [1.54, 1.807) is 0 Å². The van der Waals surface area contributed by atoms with Gasteiger partial charge in [-0.3, -0.25) is 4.79 Å². The van der Waals surface area contributed by atoms with Gasteiger partial charge in [0.15, 0.2) is 15.0 Å². The van der Waals surface area contributed by atoms with Gasteiger partial charge in [-0.15, -0.1) is 10.2 Å². The first-order valence-electron chi connectivity index (χ1n) is 6.41. The van der Waals surface area contributed by atoms with Crippen LogP contribution in [0.3, 0.4) is 0 Å². The first-order chi connectivity index (χ1) is 9.43. The van der Waals surface area contributed by atoms with E-state index in [1.165, 1.54) is 0 Å².